The largest absolute Gasteiger partial charge is 0.477 e. The van der Waals surface area contributed by atoms with Crippen molar-refractivity contribution in [2.24, 2.45) is 0 Å². The molecule has 0 aromatic carbocycles. The zero-order valence-electron chi connectivity index (χ0n) is 8.82. The second kappa shape index (κ2) is 5.07. The molecule has 0 radical (unpaired) electrons. The summed E-state index contributed by atoms with van der Waals surface area (Å²) in [6.45, 7) is 4.05. The monoisotopic (exact) mass is 226 g/mol. The normalized spacial score (nSPS) is 10.6. The van der Waals surface area contributed by atoms with Crippen molar-refractivity contribution in [1.82, 2.24) is 0 Å². The van der Waals surface area contributed by atoms with Crippen molar-refractivity contribution >= 4 is 23.6 Å². The summed E-state index contributed by atoms with van der Waals surface area (Å²) in [6, 6.07) is 1.71. The fourth-order valence-electron chi connectivity index (χ4n) is 1.68. The number of aldehydes is 1. The van der Waals surface area contributed by atoms with Gasteiger partial charge in [-0.05, 0) is 30.4 Å². The molecule has 0 amide bonds. The first-order valence-corrected chi connectivity index (χ1v) is 5.77. The Morgan fingerprint density at radius 3 is 2.53 bits per heavy atom. The van der Waals surface area contributed by atoms with Crippen molar-refractivity contribution in [2.45, 2.75) is 32.6 Å². The third-order valence-corrected chi connectivity index (χ3v) is 3.58. The molecule has 82 valence electrons. The van der Waals surface area contributed by atoms with E-state index in [9.17, 15) is 9.59 Å². The SMILES string of the molecule is CCC(CC)c1cc(C=O)sc1C(=O)O. The molecule has 0 fully saturated rings. The molecule has 0 atom stereocenters. The van der Waals surface area contributed by atoms with Crippen molar-refractivity contribution in [2.75, 3.05) is 0 Å². The summed E-state index contributed by atoms with van der Waals surface area (Å²) in [5, 5.41) is 9.01. The minimum absolute atomic E-state index is 0.237. The van der Waals surface area contributed by atoms with E-state index in [1.54, 1.807) is 6.07 Å². The lowest BCUT2D eigenvalue weighted by atomic mass is 9.94. The van der Waals surface area contributed by atoms with Crippen LogP contribution in [-0.2, 0) is 0 Å². The van der Waals surface area contributed by atoms with Gasteiger partial charge in [-0.1, -0.05) is 13.8 Å². The molecule has 0 spiro atoms. The molecule has 0 saturated carbocycles. The van der Waals surface area contributed by atoms with Crippen LogP contribution in [0.15, 0.2) is 6.07 Å². The van der Waals surface area contributed by atoms with Crippen LogP contribution in [0.4, 0.5) is 0 Å². The van der Waals surface area contributed by atoms with Crippen LogP contribution in [0.5, 0.6) is 0 Å². The maximum absolute atomic E-state index is 11.0. The molecule has 0 aliphatic carbocycles. The highest BCUT2D eigenvalue weighted by molar-refractivity contribution is 7.15. The van der Waals surface area contributed by atoms with Crippen molar-refractivity contribution in [1.29, 1.82) is 0 Å². The summed E-state index contributed by atoms with van der Waals surface area (Å²) in [5.74, 6) is -0.698. The highest BCUT2D eigenvalue weighted by Crippen LogP contribution is 2.32. The molecule has 15 heavy (non-hydrogen) atoms. The molecule has 3 nitrogen and oxygen atoms in total. The Kier molecular flexibility index (Phi) is 4.03. The van der Waals surface area contributed by atoms with E-state index in [-0.39, 0.29) is 5.92 Å². The maximum Gasteiger partial charge on any atom is 0.346 e. The molecule has 1 aromatic rings. The summed E-state index contributed by atoms with van der Waals surface area (Å²) >= 11 is 1.06. The highest BCUT2D eigenvalue weighted by atomic mass is 32.1. The fourth-order valence-corrected chi connectivity index (χ4v) is 2.58. The minimum Gasteiger partial charge on any atom is -0.477 e. The first kappa shape index (κ1) is 11.9. The molecule has 0 saturated heterocycles. The summed E-state index contributed by atoms with van der Waals surface area (Å²) in [4.78, 5) is 22.4. The van der Waals surface area contributed by atoms with Gasteiger partial charge in [-0.2, -0.15) is 0 Å². The topological polar surface area (TPSA) is 54.4 Å². The Morgan fingerprint density at radius 2 is 2.13 bits per heavy atom. The standard InChI is InChI=1S/C11H14O3S/c1-3-7(4-2)9-5-8(6-12)15-10(9)11(13)14/h5-7H,3-4H2,1-2H3,(H,13,14). The molecule has 1 N–H and O–H groups in total. The first-order valence-electron chi connectivity index (χ1n) is 4.96. The zero-order valence-corrected chi connectivity index (χ0v) is 9.63. The number of carbonyl (C=O) groups excluding carboxylic acids is 1. The third kappa shape index (κ3) is 2.45. The Bertz CT molecular complexity index is 364. The van der Waals surface area contributed by atoms with Crippen LogP contribution in [0.25, 0.3) is 0 Å². The lowest BCUT2D eigenvalue weighted by molar-refractivity contribution is 0.0700. The lowest BCUT2D eigenvalue weighted by Gasteiger charge is -2.11. The maximum atomic E-state index is 11.0. The van der Waals surface area contributed by atoms with Crippen LogP contribution < -0.4 is 0 Å². The Labute approximate surface area is 92.7 Å². The first-order chi connectivity index (χ1) is 7.13. The summed E-state index contributed by atoms with van der Waals surface area (Å²) in [6.07, 6.45) is 2.50. The molecule has 0 unspecified atom stereocenters. The molecule has 0 aliphatic heterocycles. The van der Waals surface area contributed by atoms with E-state index in [0.717, 1.165) is 29.7 Å². The van der Waals surface area contributed by atoms with E-state index >= 15 is 0 Å². The second-order valence-electron chi connectivity index (χ2n) is 3.37. The number of carboxylic acids is 1. The lowest BCUT2D eigenvalue weighted by Crippen LogP contribution is -2.02. The summed E-state index contributed by atoms with van der Waals surface area (Å²) < 4.78 is 0. The molecule has 1 aromatic heterocycles. The Morgan fingerprint density at radius 1 is 1.53 bits per heavy atom. The highest BCUT2D eigenvalue weighted by Gasteiger charge is 2.20. The van der Waals surface area contributed by atoms with Gasteiger partial charge in [0.1, 0.15) is 4.88 Å². The van der Waals surface area contributed by atoms with Gasteiger partial charge in [-0.25, -0.2) is 4.79 Å². The number of thiophene rings is 1. The van der Waals surface area contributed by atoms with Gasteiger partial charge in [0.05, 0.1) is 4.88 Å². The van der Waals surface area contributed by atoms with Crippen molar-refractivity contribution in [3.63, 3.8) is 0 Å². The molecule has 4 heteroatoms. The number of rotatable bonds is 5. The van der Waals surface area contributed by atoms with Crippen molar-refractivity contribution in [3.05, 3.63) is 21.4 Å². The minimum atomic E-state index is -0.935. The van der Waals surface area contributed by atoms with Crippen LogP contribution in [0.1, 0.15) is 57.5 Å². The van der Waals surface area contributed by atoms with Gasteiger partial charge in [0.25, 0.3) is 0 Å². The summed E-state index contributed by atoms with van der Waals surface area (Å²) in [7, 11) is 0. The molecular weight excluding hydrogens is 212 g/mol. The van der Waals surface area contributed by atoms with Crippen LogP contribution in [0.3, 0.4) is 0 Å². The van der Waals surface area contributed by atoms with Gasteiger partial charge in [0, 0.05) is 0 Å². The number of hydrogen-bond donors (Lipinski definition) is 1. The molecule has 1 heterocycles. The number of carbonyl (C=O) groups is 2. The quantitative estimate of drug-likeness (QED) is 0.784. The van der Waals surface area contributed by atoms with E-state index in [0.29, 0.717) is 16.0 Å². The van der Waals surface area contributed by atoms with Crippen LogP contribution in [0.2, 0.25) is 0 Å². The van der Waals surface area contributed by atoms with Crippen molar-refractivity contribution in [3.8, 4) is 0 Å². The van der Waals surface area contributed by atoms with E-state index < -0.39 is 5.97 Å². The van der Waals surface area contributed by atoms with Crippen molar-refractivity contribution < 1.29 is 14.7 Å². The predicted octanol–water partition coefficient (Wildman–Crippen LogP) is 3.16. The van der Waals surface area contributed by atoms with E-state index in [4.69, 9.17) is 5.11 Å². The van der Waals surface area contributed by atoms with Gasteiger partial charge in [0.2, 0.25) is 0 Å². The smallest absolute Gasteiger partial charge is 0.346 e. The number of aromatic carboxylic acids is 1. The average Bonchev–Trinajstić information content (AvgIpc) is 2.64. The van der Waals surface area contributed by atoms with Gasteiger partial charge in [0.15, 0.2) is 6.29 Å². The number of carboxylic acid groups (broad SMARTS) is 1. The summed E-state index contributed by atoms with van der Waals surface area (Å²) in [5.41, 5.74) is 0.805. The van der Waals surface area contributed by atoms with E-state index in [1.165, 1.54) is 0 Å². The van der Waals surface area contributed by atoms with E-state index in [2.05, 4.69) is 0 Å². The predicted molar refractivity (Wildman–Crippen MR) is 60.0 cm³/mol. The van der Waals surface area contributed by atoms with E-state index in [1.807, 2.05) is 13.8 Å². The van der Waals surface area contributed by atoms with Gasteiger partial charge in [-0.15, -0.1) is 11.3 Å². The fraction of sp³-hybridized carbons (Fsp3) is 0.455. The zero-order chi connectivity index (χ0) is 11.4. The van der Waals surface area contributed by atoms with Crippen LogP contribution in [-0.4, -0.2) is 17.4 Å². The molecular formula is C11H14O3S. The molecule has 1 rings (SSSR count). The van der Waals surface area contributed by atoms with Crippen LogP contribution >= 0.6 is 11.3 Å². The van der Waals surface area contributed by atoms with Gasteiger partial charge in [-0.3, -0.25) is 4.79 Å². The average molecular weight is 226 g/mol. The van der Waals surface area contributed by atoms with Crippen LogP contribution in [0, 0.1) is 0 Å². The Balaban J connectivity index is 3.18. The Hall–Kier alpha value is -1.16. The van der Waals surface area contributed by atoms with Gasteiger partial charge < -0.3 is 5.11 Å². The molecule has 0 aliphatic rings. The second-order valence-corrected chi connectivity index (χ2v) is 4.45. The van der Waals surface area contributed by atoms with Gasteiger partial charge >= 0.3 is 5.97 Å². The third-order valence-electron chi connectivity index (χ3n) is 2.52. The number of hydrogen-bond acceptors (Lipinski definition) is 3. The molecule has 0 bridgehead atoms.